The van der Waals surface area contributed by atoms with Crippen molar-refractivity contribution >= 4 is 5.97 Å². The molecule has 2 heterocycles. The second kappa shape index (κ2) is 9.93. The number of hydrogen-bond acceptors (Lipinski definition) is 13. The van der Waals surface area contributed by atoms with E-state index in [4.69, 9.17) is 18.9 Å². The molecule has 8 N–H and O–H groups in total. The van der Waals surface area contributed by atoms with Crippen LogP contribution in [0.25, 0.3) is 0 Å². The van der Waals surface area contributed by atoms with Gasteiger partial charge in [-0.25, -0.2) is 4.79 Å². The zero-order valence-corrected chi connectivity index (χ0v) is 16.7. The van der Waals surface area contributed by atoms with E-state index < -0.39 is 80.6 Å². The van der Waals surface area contributed by atoms with Gasteiger partial charge in [0.15, 0.2) is 6.29 Å². The van der Waals surface area contributed by atoms with E-state index in [9.17, 15) is 45.6 Å². The van der Waals surface area contributed by atoms with E-state index in [1.165, 1.54) is 18.2 Å². The Kier molecular flexibility index (Phi) is 7.67. The van der Waals surface area contributed by atoms with Gasteiger partial charge in [0, 0.05) is 0 Å². The van der Waals surface area contributed by atoms with Gasteiger partial charge in [0.2, 0.25) is 5.79 Å². The molecule has 0 bridgehead atoms. The fraction of sp³-hybridized carbons (Fsp3) is 0.632. The molecule has 2 fully saturated rings. The molecule has 1 aromatic rings. The summed E-state index contributed by atoms with van der Waals surface area (Å²) in [6, 6.07) is 5.17. The minimum atomic E-state index is -2.37. The van der Waals surface area contributed by atoms with Gasteiger partial charge < -0.3 is 59.8 Å². The van der Waals surface area contributed by atoms with Gasteiger partial charge in [-0.1, -0.05) is 6.07 Å². The first-order valence-electron chi connectivity index (χ1n) is 9.73. The van der Waals surface area contributed by atoms with Crippen LogP contribution in [-0.4, -0.2) is 121 Å². The molecular weight excluding hydrogens is 436 g/mol. The maximum atomic E-state index is 12.4. The van der Waals surface area contributed by atoms with E-state index in [1.54, 1.807) is 0 Å². The van der Waals surface area contributed by atoms with E-state index in [0.29, 0.717) is 0 Å². The summed E-state index contributed by atoms with van der Waals surface area (Å²) in [6.45, 7) is -2.38. The molecule has 1 aromatic carbocycles. The summed E-state index contributed by atoms with van der Waals surface area (Å²) >= 11 is 0. The Morgan fingerprint density at radius 1 is 0.969 bits per heavy atom. The van der Waals surface area contributed by atoms with Crippen molar-refractivity contribution < 1.29 is 64.6 Å². The van der Waals surface area contributed by atoms with Crippen molar-refractivity contribution in [3.63, 3.8) is 0 Å². The van der Waals surface area contributed by atoms with E-state index in [0.717, 1.165) is 6.07 Å². The number of phenolic OH excluding ortho intramolecular Hbond substituents is 1. The highest BCUT2D eigenvalue weighted by Crippen LogP contribution is 2.36. The lowest BCUT2D eigenvalue weighted by atomic mass is 9.99. The van der Waals surface area contributed by atoms with Gasteiger partial charge in [-0.3, -0.25) is 0 Å². The van der Waals surface area contributed by atoms with Crippen molar-refractivity contribution in [2.24, 2.45) is 0 Å². The Morgan fingerprint density at radius 3 is 2.25 bits per heavy atom. The van der Waals surface area contributed by atoms with Gasteiger partial charge in [-0.05, 0) is 18.2 Å². The predicted molar refractivity (Wildman–Crippen MR) is 99.9 cm³/mol. The second-order valence-corrected chi connectivity index (χ2v) is 7.53. The molecule has 2 saturated heterocycles. The van der Waals surface area contributed by atoms with Crippen LogP contribution in [0.15, 0.2) is 24.3 Å². The highest BCUT2D eigenvalue weighted by molar-refractivity contribution is 5.89. The van der Waals surface area contributed by atoms with Crippen molar-refractivity contribution in [3.05, 3.63) is 29.8 Å². The standard InChI is InChI=1S/C19H26O13/c20-5-10-12(23)14(25)15(26)18(30-10)32-19(16(27)13(24)11(6-21)31-19)7-29-17(28)8-2-1-3-9(22)4-8/h1-4,10-16,18,20-27H,5-7H2/t10-,11-,12-,13-,14+,15-,16+,18-,19+/m1/s1. The fourth-order valence-electron chi connectivity index (χ4n) is 3.50. The summed E-state index contributed by atoms with van der Waals surface area (Å²) in [5.74, 6) is -3.54. The SMILES string of the molecule is O=C(OC[C@@]1(O[C@H]2O[C@H](CO)[C@@H](O)[C@H](O)[C@H]2O)O[C@H](CO)[C@@H](O)[C@@H]1O)c1cccc(O)c1. The lowest BCUT2D eigenvalue weighted by molar-refractivity contribution is -0.383. The van der Waals surface area contributed by atoms with Crippen LogP contribution in [0.1, 0.15) is 10.4 Å². The number of carbonyl (C=O) groups excluding carboxylic acids is 1. The normalized spacial score (nSPS) is 39.7. The highest BCUT2D eigenvalue weighted by Gasteiger charge is 2.59. The number of aliphatic hydroxyl groups is 7. The number of hydrogen-bond donors (Lipinski definition) is 8. The number of aromatic hydroxyl groups is 1. The van der Waals surface area contributed by atoms with Crippen LogP contribution in [0.3, 0.4) is 0 Å². The number of benzene rings is 1. The lowest BCUT2D eigenvalue weighted by Gasteiger charge is -2.43. The molecule has 13 nitrogen and oxygen atoms in total. The number of esters is 1. The third-order valence-electron chi connectivity index (χ3n) is 5.34. The molecule has 13 heteroatoms. The number of ether oxygens (including phenoxy) is 4. The first-order valence-corrected chi connectivity index (χ1v) is 9.73. The number of carbonyl (C=O) groups is 1. The minimum absolute atomic E-state index is 0.0558. The van der Waals surface area contributed by atoms with Gasteiger partial charge in [-0.2, -0.15) is 0 Å². The number of phenols is 1. The van der Waals surface area contributed by atoms with E-state index in [2.05, 4.69) is 0 Å². The molecule has 0 radical (unpaired) electrons. The van der Waals surface area contributed by atoms with Crippen molar-refractivity contribution in [1.29, 1.82) is 0 Å². The third-order valence-corrected chi connectivity index (χ3v) is 5.34. The van der Waals surface area contributed by atoms with Crippen molar-refractivity contribution in [1.82, 2.24) is 0 Å². The maximum Gasteiger partial charge on any atom is 0.338 e. The average molecular weight is 462 g/mol. The first-order chi connectivity index (χ1) is 15.1. The molecule has 0 amide bonds. The van der Waals surface area contributed by atoms with Gasteiger partial charge in [0.25, 0.3) is 0 Å². The molecule has 0 aliphatic carbocycles. The molecule has 0 saturated carbocycles. The molecule has 0 spiro atoms. The Labute approximate surface area is 181 Å². The molecule has 2 aliphatic rings. The summed E-state index contributed by atoms with van der Waals surface area (Å²) in [5.41, 5.74) is -0.0558. The summed E-state index contributed by atoms with van der Waals surface area (Å²) in [6.07, 6.45) is -13.5. The van der Waals surface area contributed by atoms with Crippen LogP contribution in [0.4, 0.5) is 0 Å². The Bertz CT molecular complexity index is 788. The first kappa shape index (κ1) is 24.7. The molecule has 3 rings (SSSR count). The minimum Gasteiger partial charge on any atom is -0.508 e. The average Bonchev–Trinajstić information content (AvgIpc) is 3.02. The Morgan fingerprint density at radius 2 is 1.66 bits per heavy atom. The summed E-state index contributed by atoms with van der Waals surface area (Å²) in [7, 11) is 0. The quantitative estimate of drug-likeness (QED) is 0.183. The monoisotopic (exact) mass is 462 g/mol. The molecule has 2 aliphatic heterocycles. The Hall–Kier alpha value is -1.91. The van der Waals surface area contributed by atoms with Gasteiger partial charge in [0.1, 0.15) is 55.1 Å². The molecule has 32 heavy (non-hydrogen) atoms. The smallest absolute Gasteiger partial charge is 0.338 e. The van der Waals surface area contributed by atoms with Crippen LogP contribution < -0.4 is 0 Å². The van der Waals surface area contributed by atoms with Crippen LogP contribution >= 0.6 is 0 Å². The fourth-order valence-corrected chi connectivity index (χ4v) is 3.50. The Balaban J connectivity index is 1.83. The highest BCUT2D eigenvalue weighted by atomic mass is 16.8. The molecular formula is C19H26O13. The number of rotatable bonds is 7. The van der Waals surface area contributed by atoms with Crippen molar-refractivity contribution in [3.8, 4) is 5.75 Å². The van der Waals surface area contributed by atoms with Crippen molar-refractivity contribution in [2.75, 3.05) is 19.8 Å². The van der Waals surface area contributed by atoms with Crippen LogP contribution in [0.2, 0.25) is 0 Å². The maximum absolute atomic E-state index is 12.4. The molecule has 0 unspecified atom stereocenters. The van der Waals surface area contributed by atoms with Crippen LogP contribution in [0.5, 0.6) is 5.75 Å². The predicted octanol–water partition coefficient (Wildman–Crippen LogP) is -3.83. The van der Waals surface area contributed by atoms with E-state index >= 15 is 0 Å². The van der Waals surface area contributed by atoms with Gasteiger partial charge >= 0.3 is 5.97 Å². The third kappa shape index (κ3) is 4.72. The summed E-state index contributed by atoms with van der Waals surface area (Å²) in [4.78, 5) is 12.4. The molecule has 9 atom stereocenters. The summed E-state index contributed by atoms with van der Waals surface area (Å²) in [5, 5.41) is 79.1. The second-order valence-electron chi connectivity index (χ2n) is 7.53. The summed E-state index contributed by atoms with van der Waals surface area (Å²) < 4.78 is 21.3. The lowest BCUT2D eigenvalue weighted by Crippen LogP contribution is -2.62. The van der Waals surface area contributed by atoms with Crippen LogP contribution in [-0.2, 0) is 18.9 Å². The van der Waals surface area contributed by atoms with Crippen LogP contribution in [0, 0.1) is 0 Å². The van der Waals surface area contributed by atoms with Crippen molar-refractivity contribution in [2.45, 2.75) is 54.8 Å². The zero-order valence-electron chi connectivity index (χ0n) is 16.7. The molecule has 0 aromatic heterocycles. The number of aliphatic hydroxyl groups excluding tert-OH is 7. The molecule has 180 valence electrons. The van der Waals surface area contributed by atoms with Gasteiger partial charge in [0.05, 0.1) is 18.8 Å². The zero-order chi connectivity index (χ0) is 23.6. The van der Waals surface area contributed by atoms with E-state index in [-0.39, 0.29) is 11.3 Å². The van der Waals surface area contributed by atoms with E-state index in [1.807, 2.05) is 0 Å². The largest absolute Gasteiger partial charge is 0.508 e. The topological polar surface area (TPSA) is 216 Å². The van der Waals surface area contributed by atoms with Gasteiger partial charge in [-0.15, -0.1) is 0 Å².